The van der Waals surface area contributed by atoms with E-state index < -0.39 is 11.9 Å². The van der Waals surface area contributed by atoms with Crippen molar-refractivity contribution in [2.24, 2.45) is 5.73 Å². The Morgan fingerprint density at radius 2 is 1.79 bits per heavy atom. The molecule has 0 aliphatic carbocycles. The number of carbonyl (C=O) groups is 1. The number of unbranched alkanes of at least 4 members (excludes halogenated alkanes) is 2. The molecule has 7 nitrogen and oxygen atoms in total. The summed E-state index contributed by atoms with van der Waals surface area (Å²) in [6.45, 7) is 6.64. The van der Waals surface area contributed by atoms with Gasteiger partial charge in [0, 0.05) is 22.6 Å². The molecule has 1 aliphatic heterocycles. The molecule has 1 atom stereocenters. The van der Waals surface area contributed by atoms with Crippen LogP contribution in [-0.2, 0) is 0 Å². The number of furan rings is 1. The molecule has 0 saturated carbocycles. The molecule has 0 saturated heterocycles. The van der Waals surface area contributed by atoms with Crippen LogP contribution in [0.25, 0.3) is 11.0 Å². The molecule has 3 aromatic carbocycles. The third-order valence-electron chi connectivity index (χ3n) is 6.91. The average molecular weight is 523 g/mol. The summed E-state index contributed by atoms with van der Waals surface area (Å²) < 4.78 is 23.1. The predicted molar refractivity (Wildman–Crippen MR) is 148 cm³/mol. The van der Waals surface area contributed by atoms with Crippen LogP contribution >= 0.6 is 0 Å². The second-order valence-electron chi connectivity index (χ2n) is 9.69. The van der Waals surface area contributed by atoms with Crippen LogP contribution in [0.3, 0.4) is 0 Å². The topological polar surface area (TPSA) is 108 Å². The lowest BCUT2D eigenvalue weighted by Crippen LogP contribution is -2.21. The molecule has 7 heteroatoms. The summed E-state index contributed by atoms with van der Waals surface area (Å²) in [5.41, 5.74) is 10.5. The van der Waals surface area contributed by atoms with Crippen LogP contribution in [0.1, 0.15) is 64.9 Å². The molecule has 0 fully saturated rings. The maximum Gasteiger partial charge on any atom is 0.379 e. The summed E-state index contributed by atoms with van der Waals surface area (Å²) in [7, 11) is 0. The molecule has 0 spiro atoms. The molecule has 39 heavy (non-hydrogen) atoms. The summed E-state index contributed by atoms with van der Waals surface area (Å²) in [6.07, 6.45) is 3.27. The lowest BCUT2D eigenvalue weighted by atomic mass is 9.83. The van der Waals surface area contributed by atoms with Gasteiger partial charge in [0.2, 0.25) is 11.6 Å². The largest absolute Gasteiger partial charge is 0.494 e. The average Bonchev–Trinajstić information content (AvgIpc) is 3.26. The highest BCUT2D eigenvalue weighted by molar-refractivity contribution is 5.97. The number of aryl methyl sites for hydroxylation is 2. The van der Waals surface area contributed by atoms with Crippen molar-refractivity contribution in [1.29, 1.82) is 5.26 Å². The van der Waals surface area contributed by atoms with Crippen LogP contribution in [0.2, 0.25) is 0 Å². The van der Waals surface area contributed by atoms with Crippen molar-refractivity contribution in [3.8, 4) is 23.3 Å². The van der Waals surface area contributed by atoms with Crippen molar-refractivity contribution in [2.45, 2.75) is 46.0 Å². The van der Waals surface area contributed by atoms with Gasteiger partial charge in [-0.1, -0.05) is 49.6 Å². The number of rotatable bonds is 8. The minimum absolute atomic E-state index is 0.0156. The van der Waals surface area contributed by atoms with Gasteiger partial charge in [0.1, 0.15) is 34.5 Å². The normalized spacial score (nSPS) is 14.5. The minimum atomic E-state index is -0.607. The zero-order valence-electron chi connectivity index (χ0n) is 22.2. The Morgan fingerprint density at radius 3 is 2.54 bits per heavy atom. The van der Waals surface area contributed by atoms with Crippen molar-refractivity contribution in [2.75, 3.05) is 6.61 Å². The highest BCUT2D eigenvalue weighted by Crippen LogP contribution is 2.43. The molecule has 198 valence electrons. The number of esters is 1. The van der Waals surface area contributed by atoms with Gasteiger partial charge in [0.15, 0.2) is 0 Å². The van der Waals surface area contributed by atoms with Crippen molar-refractivity contribution in [3.63, 3.8) is 0 Å². The van der Waals surface area contributed by atoms with Gasteiger partial charge in [-0.3, -0.25) is 0 Å². The van der Waals surface area contributed by atoms with E-state index in [9.17, 15) is 10.1 Å². The van der Waals surface area contributed by atoms with Gasteiger partial charge >= 0.3 is 5.97 Å². The summed E-state index contributed by atoms with van der Waals surface area (Å²) in [4.78, 5) is 13.0. The van der Waals surface area contributed by atoms with E-state index in [-0.39, 0.29) is 17.4 Å². The zero-order chi connectivity index (χ0) is 27.5. The quantitative estimate of drug-likeness (QED) is 0.150. The minimum Gasteiger partial charge on any atom is -0.494 e. The van der Waals surface area contributed by atoms with Crippen LogP contribution in [0.15, 0.2) is 76.5 Å². The van der Waals surface area contributed by atoms with E-state index in [1.165, 1.54) is 0 Å². The SMILES string of the molecule is CCCCCOc1ccc(C2C(C#N)=C(N)Oc3cc(OC(=O)c4oc5ccc(C)cc5c4C)ccc32)cc1. The predicted octanol–water partition coefficient (Wildman–Crippen LogP) is 7.06. The Bertz CT molecular complexity index is 1610. The number of nitriles is 1. The smallest absolute Gasteiger partial charge is 0.379 e. The van der Waals surface area contributed by atoms with Gasteiger partial charge in [-0.15, -0.1) is 0 Å². The van der Waals surface area contributed by atoms with Crippen LogP contribution < -0.4 is 19.9 Å². The monoisotopic (exact) mass is 522 g/mol. The summed E-state index contributed by atoms with van der Waals surface area (Å²) in [6, 6.07) is 20.7. The third-order valence-corrected chi connectivity index (χ3v) is 6.91. The first-order valence-electron chi connectivity index (χ1n) is 13.1. The van der Waals surface area contributed by atoms with Crippen LogP contribution in [0.5, 0.6) is 17.2 Å². The summed E-state index contributed by atoms with van der Waals surface area (Å²) in [5.74, 6) is 0.590. The Morgan fingerprint density at radius 1 is 1.03 bits per heavy atom. The van der Waals surface area contributed by atoms with E-state index in [0.717, 1.165) is 52.7 Å². The molecule has 2 heterocycles. The Kier molecular flexibility index (Phi) is 7.29. The van der Waals surface area contributed by atoms with Crippen molar-refractivity contribution in [3.05, 3.63) is 100 Å². The van der Waals surface area contributed by atoms with Crippen LogP contribution in [0, 0.1) is 25.2 Å². The molecule has 2 N–H and O–H groups in total. The molecular weight excluding hydrogens is 492 g/mol. The maximum atomic E-state index is 13.0. The van der Waals surface area contributed by atoms with Gasteiger partial charge in [0.05, 0.1) is 12.5 Å². The fourth-order valence-electron chi connectivity index (χ4n) is 4.82. The van der Waals surface area contributed by atoms with E-state index in [2.05, 4.69) is 13.0 Å². The molecule has 4 aromatic rings. The fourth-order valence-corrected chi connectivity index (χ4v) is 4.82. The third kappa shape index (κ3) is 5.19. The maximum absolute atomic E-state index is 13.0. The Labute approximate surface area is 227 Å². The number of hydrogen-bond acceptors (Lipinski definition) is 7. The zero-order valence-corrected chi connectivity index (χ0v) is 22.2. The number of carbonyl (C=O) groups excluding carboxylic acids is 1. The van der Waals surface area contributed by atoms with Crippen molar-refractivity contribution < 1.29 is 23.4 Å². The Balaban J connectivity index is 1.40. The van der Waals surface area contributed by atoms with Crippen LogP contribution in [0.4, 0.5) is 0 Å². The van der Waals surface area contributed by atoms with E-state index in [0.29, 0.717) is 23.5 Å². The van der Waals surface area contributed by atoms with Gasteiger partial charge in [-0.25, -0.2) is 4.79 Å². The lowest BCUT2D eigenvalue weighted by Gasteiger charge is -2.26. The molecule has 1 aliphatic rings. The second-order valence-corrected chi connectivity index (χ2v) is 9.69. The molecule has 0 amide bonds. The van der Waals surface area contributed by atoms with Gasteiger partial charge in [0.25, 0.3) is 0 Å². The van der Waals surface area contributed by atoms with Crippen LogP contribution in [-0.4, -0.2) is 12.6 Å². The first kappa shape index (κ1) is 25.9. The summed E-state index contributed by atoms with van der Waals surface area (Å²) in [5, 5.41) is 10.7. The first-order chi connectivity index (χ1) is 18.9. The number of ether oxygens (including phenoxy) is 3. The standard InChI is InChI=1S/C32H30N2O5/c1-4-5-6-15-36-22-10-8-21(9-11-22)29-24-13-12-23(17-28(24)39-31(34)26(29)18-33)37-32(35)30-20(3)25-16-19(2)7-14-27(25)38-30/h7-14,16-17,29H,4-6,15,34H2,1-3H3. The number of nitrogens with two attached hydrogens (primary N) is 1. The fraction of sp³-hybridized carbons (Fsp3) is 0.250. The van der Waals surface area contributed by atoms with E-state index >= 15 is 0 Å². The molecular formula is C32H30N2O5. The van der Waals surface area contributed by atoms with Gasteiger partial charge < -0.3 is 24.4 Å². The van der Waals surface area contributed by atoms with Gasteiger partial charge in [-0.2, -0.15) is 5.26 Å². The van der Waals surface area contributed by atoms with E-state index in [4.69, 9.17) is 24.4 Å². The number of benzene rings is 3. The number of hydrogen-bond donors (Lipinski definition) is 1. The molecule has 0 bridgehead atoms. The van der Waals surface area contributed by atoms with Gasteiger partial charge in [-0.05, 0) is 56.2 Å². The lowest BCUT2D eigenvalue weighted by molar-refractivity contribution is 0.0702. The van der Waals surface area contributed by atoms with E-state index in [1.54, 1.807) is 18.2 Å². The van der Waals surface area contributed by atoms with Crippen molar-refractivity contribution >= 4 is 16.9 Å². The second kappa shape index (κ2) is 11.0. The molecule has 0 radical (unpaired) electrons. The highest BCUT2D eigenvalue weighted by Gasteiger charge is 2.31. The number of fused-ring (bicyclic) bond motifs is 2. The number of nitrogens with zero attached hydrogens (tertiary/aromatic N) is 1. The molecule has 1 aromatic heterocycles. The highest BCUT2D eigenvalue weighted by atomic mass is 16.5. The van der Waals surface area contributed by atoms with E-state index in [1.807, 2.05) is 56.3 Å². The number of allylic oxidation sites excluding steroid dienone is 1. The molecule has 1 unspecified atom stereocenters. The summed E-state index contributed by atoms with van der Waals surface area (Å²) >= 11 is 0. The van der Waals surface area contributed by atoms with Crippen molar-refractivity contribution in [1.82, 2.24) is 0 Å². The molecule has 5 rings (SSSR count). The first-order valence-corrected chi connectivity index (χ1v) is 13.1. The Hall–Kier alpha value is -4.70.